The number of carbonyl (C=O) groups excluding carboxylic acids is 1. The molecule has 6 nitrogen and oxygen atoms in total. The third kappa shape index (κ3) is 3.69. The van der Waals surface area contributed by atoms with E-state index in [9.17, 15) is 9.59 Å². The number of carboxylic acids is 1. The molecule has 0 saturated carbocycles. The van der Waals surface area contributed by atoms with Gasteiger partial charge in [-0.2, -0.15) is 0 Å². The Morgan fingerprint density at radius 2 is 1.83 bits per heavy atom. The molecule has 1 aromatic rings. The first-order valence-corrected chi connectivity index (χ1v) is 4.94. The molecule has 0 amide bonds. The number of esters is 1. The van der Waals surface area contributed by atoms with Crippen LogP contribution >= 0.6 is 12.4 Å². The number of benzene rings is 1. The Morgan fingerprint density at radius 1 is 1.28 bits per heavy atom. The molecule has 0 fully saturated rings. The van der Waals surface area contributed by atoms with Crippen LogP contribution in [0.2, 0.25) is 0 Å². The Bertz CT molecular complexity index is 413. The van der Waals surface area contributed by atoms with E-state index in [0.29, 0.717) is 0 Å². The van der Waals surface area contributed by atoms with Crippen molar-refractivity contribution in [1.29, 1.82) is 0 Å². The molecule has 5 N–H and O–H groups in total. The van der Waals surface area contributed by atoms with Gasteiger partial charge in [0.2, 0.25) is 5.54 Å². The number of carboxylic acid groups (broad SMARTS) is 1. The molecule has 0 spiro atoms. The van der Waals surface area contributed by atoms with Gasteiger partial charge in [0.25, 0.3) is 0 Å². The zero-order chi connectivity index (χ0) is 12.9. The Balaban J connectivity index is 0.00000289. The van der Waals surface area contributed by atoms with Crippen molar-refractivity contribution in [2.24, 2.45) is 11.5 Å². The van der Waals surface area contributed by atoms with Crippen molar-refractivity contribution in [2.75, 3.05) is 6.54 Å². The molecule has 7 heteroatoms. The molecule has 18 heavy (non-hydrogen) atoms. The lowest BCUT2D eigenvalue weighted by Crippen LogP contribution is -2.60. The highest BCUT2D eigenvalue weighted by Crippen LogP contribution is 2.06. The minimum atomic E-state index is -2.19. The lowest BCUT2D eigenvalue weighted by Gasteiger charge is -2.20. The molecule has 1 unspecified atom stereocenters. The maximum absolute atomic E-state index is 11.5. The fourth-order valence-electron chi connectivity index (χ4n) is 1.11. The lowest BCUT2D eigenvalue weighted by atomic mass is 10.0. The van der Waals surface area contributed by atoms with Crippen molar-refractivity contribution in [1.82, 2.24) is 0 Å². The molecular formula is C11H15ClN2O4. The van der Waals surface area contributed by atoms with Crippen LogP contribution in [0.5, 0.6) is 0 Å². The zero-order valence-electron chi connectivity index (χ0n) is 9.54. The van der Waals surface area contributed by atoms with E-state index in [4.69, 9.17) is 21.3 Å². The van der Waals surface area contributed by atoms with Crippen LogP contribution in [0.4, 0.5) is 0 Å². The van der Waals surface area contributed by atoms with E-state index in [2.05, 4.69) is 0 Å². The van der Waals surface area contributed by atoms with E-state index in [1.165, 1.54) is 0 Å². The third-order valence-corrected chi connectivity index (χ3v) is 2.28. The molecule has 0 aliphatic rings. The summed E-state index contributed by atoms with van der Waals surface area (Å²) < 4.78 is 4.82. The predicted molar refractivity (Wildman–Crippen MR) is 67.1 cm³/mol. The summed E-state index contributed by atoms with van der Waals surface area (Å²) in [6, 6.07) is 8.86. The average Bonchev–Trinajstić information content (AvgIpc) is 2.35. The minimum absolute atomic E-state index is 0. The molecule has 1 aromatic carbocycles. The molecule has 0 aliphatic heterocycles. The van der Waals surface area contributed by atoms with Gasteiger partial charge in [0.15, 0.2) is 0 Å². The third-order valence-electron chi connectivity index (χ3n) is 2.28. The quantitative estimate of drug-likeness (QED) is 0.510. The minimum Gasteiger partial charge on any atom is -0.479 e. The molecule has 1 atom stereocenters. The molecule has 0 bridgehead atoms. The van der Waals surface area contributed by atoms with Gasteiger partial charge in [-0.05, 0) is 5.56 Å². The first-order valence-electron chi connectivity index (χ1n) is 4.94. The molecule has 0 aromatic heterocycles. The van der Waals surface area contributed by atoms with Gasteiger partial charge in [0.05, 0.1) is 0 Å². The van der Waals surface area contributed by atoms with Crippen molar-refractivity contribution in [2.45, 2.75) is 12.1 Å². The van der Waals surface area contributed by atoms with Crippen molar-refractivity contribution in [3.63, 3.8) is 0 Å². The second kappa shape index (κ2) is 6.95. The zero-order valence-corrected chi connectivity index (χ0v) is 10.4. The van der Waals surface area contributed by atoms with Crippen LogP contribution < -0.4 is 11.5 Å². The maximum Gasteiger partial charge on any atom is 0.339 e. The van der Waals surface area contributed by atoms with E-state index in [-0.39, 0.29) is 19.0 Å². The summed E-state index contributed by atoms with van der Waals surface area (Å²) in [5.41, 5.74) is 9.08. The average molecular weight is 275 g/mol. The van der Waals surface area contributed by atoms with Gasteiger partial charge < -0.3 is 21.3 Å². The van der Waals surface area contributed by atoms with Gasteiger partial charge in [0, 0.05) is 6.54 Å². The highest BCUT2D eigenvalue weighted by Gasteiger charge is 2.42. The molecule has 0 radical (unpaired) electrons. The summed E-state index contributed by atoms with van der Waals surface area (Å²) in [4.78, 5) is 22.3. The van der Waals surface area contributed by atoms with Gasteiger partial charge in [-0.15, -0.1) is 12.4 Å². The first-order chi connectivity index (χ1) is 8.00. The summed E-state index contributed by atoms with van der Waals surface area (Å²) in [7, 11) is 0. The van der Waals surface area contributed by atoms with E-state index in [1.807, 2.05) is 6.07 Å². The Morgan fingerprint density at radius 3 is 2.28 bits per heavy atom. The predicted octanol–water partition coefficient (Wildman–Crippen LogP) is -0.108. The lowest BCUT2D eigenvalue weighted by molar-refractivity contribution is -0.161. The van der Waals surface area contributed by atoms with E-state index < -0.39 is 24.0 Å². The number of aliphatic carboxylic acids is 1. The monoisotopic (exact) mass is 274 g/mol. The van der Waals surface area contributed by atoms with Crippen LogP contribution in [-0.2, 0) is 20.9 Å². The first kappa shape index (κ1) is 16.4. The summed E-state index contributed by atoms with van der Waals surface area (Å²) in [6.07, 6.45) is 0. The Hall–Kier alpha value is -1.63. The number of halogens is 1. The van der Waals surface area contributed by atoms with E-state index >= 15 is 0 Å². The Kier molecular flexibility index (Phi) is 6.32. The van der Waals surface area contributed by atoms with E-state index in [1.54, 1.807) is 24.3 Å². The summed E-state index contributed by atoms with van der Waals surface area (Å²) in [6.45, 7) is -0.554. The Labute approximate surface area is 110 Å². The van der Waals surface area contributed by atoms with Crippen molar-refractivity contribution < 1.29 is 19.4 Å². The molecular weight excluding hydrogens is 260 g/mol. The smallest absolute Gasteiger partial charge is 0.339 e. The topological polar surface area (TPSA) is 116 Å². The van der Waals surface area contributed by atoms with Gasteiger partial charge in [-0.25, -0.2) is 9.59 Å². The largest absolute Gasteiger partial charge is 0.479 e. The second-order valence-corrected chi connectivity index (χ2v) is 3.54. The molecule has 100 valence electrons. The summed E-state index contributed by atoms with van der Waals surface area (Å²) in [5, 5.41) is 8.79. The second-order valence-electron chi connectivity index (χ2n) is 3.54. The molecule has 1 rings (SSSR count). The van der Waals surface area contributed by atoms with Crippen LogP contribution in [0.1, 0.15) is 5.56 Å². The van der Waals surface area contributed by atoms with Crippen molar-refractivity contribution >= 4 is 24.3 Å². The fourth-order valence-corrected chi connectivity index (χ4v) is 1.11. The van der Waals surface area contributed by atoms with Crippen LogP contribution in [0.25, 0.3) is 0 Å². The maximum atomic E-state index is 11.5. The number of ether oxygens (including phenoxy) is 1. The molecule has 0 heterocycles. The number of nitrogens with two attached hydrogens (primary N) is 2. The van der Waals surface area contributed by atoms with Gasteiger partial charge in [0.1, 0.15) is 6.61 Å². The number of hydrogen-bond donors (Lipinski definition) is 3. The number of rotatable bonds is 5. The number of hydrogen-bond acceptors (Lipinski definition) is 5. The summed E-state index contributed by atoms with van der Waals surface area (Å²) in [5.74, 6) is -2.55. The highest BCUT2D eigenvalue weighted by molar-refractivity contribution is 6.04. The van der Waals surface area contributed by atoms with Crippen LogP contribution in [0, 0.1) is 0 Å². The van der Waals surface area contributed by atoms with Gasteiger partial charge in [-0.1, -0.05) is 30.3 Å². The fraction of sp³-hybridized carbons (Fsp3) is 0.273. The molecule has 0 saturated heterocycles. The van der Waals surface area contributed by atoms with E-state index in [0.717, 1.165) is 5.56 Å². The van der Waals surface area contributed by atoms with Crippen LogP contribution in [-0.4, -0.2) is 29.1 Å². The van der Waals surface area contributed by atoms with Crippen LogP contribution in [0.3, 0.4) is 0 Å². The normalized spacial score (nSPS) is 13.0. The number of carbonyl (C=O) groups is 2. The van der Waals surface area contributed by atoms with Crippen molar-refractivity contribution in [3.8, 4) is 0 Å². The highest BCUT2D eigenvalue weighted by atomic mass is 35.5. The van der Waals surface area contributed by atoms with Crippen LogP contribution in [0.15, 0.2) is 30.3 Å². The van der Waals surface area contributed by atoms with Gasteiger partial charge >= 0.3 is 11.9 Å². The molecule has 0 aliphatic carbocycles. The van der Waals surface area contributed by atoms with Gasteiger partial charge in [-0.3, -0.25) is 0 Å². The standard InChI is InChI=1S/C11H14N2O4.ClH/c12-7-11(13,9(14)15)10(16)17-6-8-4-2-1-3-5-8;/h1-5H,6-7,12-13H2,(H,14,15);1H. The summed E-state index contributed by atoms with van der Waals surface area (Å²) >= 11 is 0. The SMILES string of the molecule is Cl.NCC(N)(C(=O)O)C(=O)OCc1ccccc1. The van der Waals surface area contributed by atoms with Crippen molar-refractivity contribution in [3.05, 3.63) is 35.9 Å².